The number of benzene rings is 3. The third-order valence-corrected chi connectivity index (χ3v) is 7.04. The Morgan fingerprint density at radius 1 is 0.949 bits per heavy atom. The van der Waals surface area contributed by atoms with Gasteiger partial charge in [-0.3, -0.25) is 10.1 Å². The average molecular weight is 540 g/mol. The van der Waals surface area contributed by atoms with Crippen LogP contribution in [0.3, 0.4) is 0 Å². The van der Waals surface area contributed by atoms with Crippen LogP contribution in [0.15, 0.2) is 87.6 Å². The maximum Gasteiger partial charge on any atom is 0.262 e. The summed E-state index contributed by atoms with van der Waals surface area (Å²) in [5.74, 6) is 0.709. The molecule has 0 atom stereocenters. The van der Waals surface area contributed by atoms with Crippen LogP contribution < -0.4 is 20.3 Å². The molecule has 0 aliphatic carbocycles. The first-order valence-electron chi connectivity index (χ1n) is 12.4. The van der Waals surface area contributed by atoms with E-state index < -0.39 is 0 Å². The molecular formula is C31H29N3O4S. The quantitative estimate of drug-likeness (QED) is 0.244. The van der Waals surface area contributed by atoms with Crippen molar-refractivity contribution in [3.8, 4) is 22.8 Å². The lowest BCUT2D eigenvalue weighted by atomic mass is 9.86. The fourth-order valence-electron chi connectivity index (χ4n) is 4.13. The van der Waals surface area contributed by atoms with Crippen LogP contribution in [0.25, 0.3) is 22.2 Å². The Kier molecular flexibility index (Phi) is 7.21. The summed E-state index contributed by atoms with van der Waals surface area (Å²) in [4.78, 5) is 22.9. The molecule has 3 aromatic carbocycles. The van der Waals surface area contributed by atoms with Crippen molar-refractivity contribution >= 4 is 39.0 Å². The van der Waals surface area contributed by atoms with Gasteiger partial charge >= 0.3 is 0 Å². The molecule has 0 aliphatic rings. The molecule has 0 spiro atoms. The Balaban J connectivity index is 1.52. The summed E-state index contributed by atoms with van der Waals surface area (Å²) in [6, 6.07) is 22.9. The molecule has 0 saturated carbocycles. The molecule has 5 rings (SSSR count). The number of nitrogens with zero attached hydrogens (tertiary/aromatic N) is 2. The number of thiazole rings is 1. The van der Waals surface area contributed by atoms with E-state index in [1.165, 1.54) is 16.9 Å². The minimum absolute atomic E-state index is 0.0706. The third kappa shape index (κ3) is 5.56. The number of rotatable bonds is 6. The molecule has 0 fully saturated rings. The van der Waals surface area contributed by atoms with Gasteiger partial charge in [0.05, 0.1) is 19.9 Å². The van der Waals surface area contributed by atoms with Crippen LogP contribution >= 0.6 is 11.3 Å². The van der Waals surface area contributed by atoms with Crippen molar-refractivity contribution in [1.29, 1.82) is 0 Å². The number of ether oxygens (including phenoxy) is 2. The molecule has 1 amide bonds. The second-order valence-corrected chi connectivity index (χ2v) is 10.8. The van der Waals surface area contributed by atoms with Gasteiger partial charge in [-0.1, -0.05) is 69.3 Å². The molecule has 2 heterocycles. The number of aromatic nitrogens is 1. The number of anilines is 1. The minimum Gasteiger partial charge on any atom is -0.494 e. The van der Waals surface area contributed by atoms with Crippen LogP contribution in [0.2, 0.25) is 0 Å². The highest BCUT2D eigenvalue weighted by atomic mass is 32.1. The Bertz CT molecular complexity index is 1710. The topological polar surface area (TPSA) is 86.0 Å². The largest absolute Gasteiger partial charge is 0.494 e. The van der Waals surface area contributed by atoms with E-state index in [-0.39, 0.29) is 22.4 Å². The van der Waals surface area contributed by atoms with Crippen molar-refractivity contribution in [2.75, 3.05) is 19.5 Å². The van der Waals surface area contributed by atoms with Gasteiger partial charge in [-0.05, 0) is 35.2 Å². The summed E-state index contributed by atoms with van der Waals surface area (Å²) in [6.45, 7) is 6.55. The molecule has 0 saturated heterocycles. The summed E-state index contributed by atoms with van der Waals surface area (Å²) < 4.78 is 17.1. The van der Waals surface area contributed by atoms with Crippen molar-refractivity contribution in [2.24, 2.45) is 4.99 Å². The van der Waals surface area contributed by atoms with E-state index in [2.05, 4.69) is 60.3 Å². The van der Waals surface area contributed by atoms with Crippen molar-refractivity contribution in [3.05, 3.63) is 94.9 Å². The van der Waals surface area contributed by atoms with Crippen molar-refractivity contribution in [3.63, 3.8) is 0 Å². The van der Waals surface area contributed by atoms with Crippen molar-refractivity contribution in [2.45, 2.75) is 26.2 Å². The number of carbonyl (C=O) groups is 1. The summed E-state index contributed by atoms with van der Waals surface area (Å²) >= 11 is 1.36. The second-order valence-electron chi connectivity index (χ2n) is 9.95. The van der Waals surface area contributed by atoms with Gasteiger partial charge in [-0.2, -0.15) is 0 Å². The molecule has 8 heteroatoms. The van der Waals surface area contributed by atoms with Gasteiger partial charge in [0.1, 0.15) is 17.0 Å². The first-order valence-corrected chi connectivity index (χ1v) is 13.3. The van der Waals surface area contributed by atoms with Crippen LogP contribution in [-0.2, 0) is 5.41 Å². The Morgan fingerprint density at radius 3 is 2.38 bits per heavy atom. The number of carbonyl (C=O) groups excluding carboxylic acids is 1. The number of amides is 1. The standard InChI is InChI=1S/C31H29N3O4S/c1-31(2,3)21-15-13-19(14-16-21)24-18-39-30(33-24)34-28(35)22-17-20-9-8-12-26(37-5)27(20)38-29(22)32-23-10-6-7-11-25(23)36-4/h6-18H,1-5H3,(H,33,34,35). The number of hydrogen-bond acceptors (Lipinski definition) is 7. The summed E-state index contributed by atoms with van der Waals surface area (Å²) in [7, 11) is 3.14. The fraction of sp³-hybridized carbons (Fsp3) is 0.194. The zero-order chi connectivity index (χ0) is 27.6. The number of hydrogen-bond donors (Lipinski definition) is 1. The van der Waals surface area contributed by atoms with Crippen molar-refractivity contribution < 1.29 is 18.7 Å². The molecule has 7 nitrogen and oxygen atoms in total. The summed E-state index contributed by atoms with van der Waals surface area (Å²) in [6.07, 6.45) is 0. The molecule has 2 aromatic heterocycles. The molecule has 0 aliphatic heterocycles. The van der Waals surface area contributed by atoms with E-state index in [1.807, 2.05) is 29.6 Å². The van der Waals surface area contributed by atoms with Gasteiger partial charge < -0.3 is 13.9 Å². The first kappa shape index (κ1) is 26.2. The molecule has 5 aromatic rings. The van der Waals surface area contributed by atoms with E-state index in [9.17, 15) is 4.79 Å². The Labute approximate surface area is 230 Å². The lowest BCUT2D eigenvalue weighted by Gasteiger charge is -2.18. The predicted molar refractivity (Wildman–Crippen MR) is 155 cm³/mol. The molecule has 0 bridgehead atoms. The maximum absolute atomic E-state index is 13.6. The van der Waals surface area contributed by atoms with Crippen LogP contribution in [-0.4, -0.2) is 25.1 Å². The van der Waals surface area contributed by atoms with Crippen LogP contribution in [0.5, 0.6) is 11.5 Å². The highest BCUT2D eigenvalue weighted by Gasteiger charge is 2.18. The lowest BCUT2D eigenvalue weighted by molar-refractivity contribution is 0.102. The molecule has 0 radical (unpaired) electrons. The highest BCUT2D eigenvalue weighted by Crippen LogP contribution is 2.30. The highest BCUT2D eigenvalue weighted by molar-refractivity contribution is 7.14. The fourth-order valence-corrected chi connectivity index (χ4v) is 4.85. The van der Waals surface area contributed by atoms with E-state index in [4.69, 9.17) is 13.9 Å². The molecule has 39 heavy (non-hydrogen) atoms. The molecule has 0 unspecified atom stereocenters. The maximum atomic E-state index is 13.6. The monoisotopic (exact) mass is 539 g/mol. The zero-order valence-corrected chi connectivity index (χ0v) is 23.3. The van der Waals surface area contributed by atoms with Crippen LogP contribution in [0.1, 0.15) is 36.7 Å². The first-order chi connectivity index (χ1) is 18.8. The number of fused-ring (bicyclic) bond motifs is 1. The smallest absolute Gasteiger partial charge is 0.262 e. The normalized spacial score (nSPS) is 12.0. The molecule has 198 valence electrons. The number of nitrogens with one attached hydrogen (secondary N) is 1. The average Bonchev–Trinajstić information content (AvgIpc) is 3.40. The van der Waals surface area contributed by atoms with Gasteiger partial charge in [0.25, 0.3) is 5.91 Å². The number of para-hydroxylation sites is 3. The van der Waals surface area contributed by atoms with Gasteiger partial charge in [0, 0.05) is 16.3 Å². The zero-order valence-electron chi connectivity index (χ0n) is 22.4. The second kappa shape index (κ2) is 10.7. The van der Waals surface area contributed by atoms with Crippen molar-refractivity contribution in [1.82, 2.24) is 4.98 Å². The Morgan fingerprint density at radius 2 is 1.67 bits per heavy atom. The van der Waals surface area contributed by atoms with Crippen LogP contribution in [0.4, 0.5) is 10.8 Å². The Hall–Kier alpha value is -4.43. The molecule has 1 N–H and O–H groups in total. The summed E-state index contributed by atoms with van der Waals surface area (Å²) in [5.41, 5.74) is 4.50. The number of methoxy groups -OCH3 is 2. The predicted octanol–water partition coefficient (Wildman–Crippen LogP) is 7.36. The van der Waals surface area contributed by atoms with E-state index in [1.54, 1.807) is 38.5 Å². The van der Waals surface area contributed by atoms with Gasteiger partial charge in [0.2, 0.25) is 5.55 Å². The molecular weight excluding hydrogens is 510 g/mol. The van der Waals surface area contributed by atoms with Gasteiger partial charge in [-0.15, -0.1) is 11.3 Å². The minimum atomic E-state index is -0.388. The van der Waals surface area contributed by atoms with E-state index in [0.717, 1.165) is 11.3 Å². The third-order valence-electron chi connectivity index (χ3n) is 6.28. The van der Waals surface area contributed by atoms with Gasteiger partial charge in [-0.25, -0.2) is 9.98 Å². The van der Waals surface area contributed by atoms with Gasteiger partial charge in [0.15, 0.2) is 16.5 Å². The lowest BCUT2D eigenvalue weighted by Crippen LogP contribution is -2.21. The van der Waals surface area contributed by atoms with E-state index in [0.29, 0.717) is 33.3 Å². The van der Waals surface area contributed by atoms with Crippen LogP contribution in [0, 0.1) is 0 Å². The SMILES string of the molecule is COc1ccccc1N=c1oc2c(OC)cccc2cc1C(=O)Nc1nc(-c2ccc(C(C)(C)C)cc2)cs1. The summed E-state index contributed by atoms with van der Waals surface area (Å²) in [5, 5.41) is 6.03. The van der Waals surface area contributed by atoms with E-state index >= 15 is 0 Å².